The van der Waals surface area contributed by atoms with E-state index in [1.165, 1.54) is 21.3 Å². The van der Waals surface area contributed by atoms with Gasteiger partial charge in [0, 0.05) is 17.5 Å². The Balaban J connectivity index is 1.53. The summed E-state index contributed by atoms with van der Waals surface area (Å²) in [5.74, 6) is -0.882. The van der Waals surface area contributed by atoms with E-state index in [2.05, 4.69) is 5.32 Å². The summed E-state index contributed by atoms with van der Waals surface area (Å²) >= 11 is 0. The van der Waals surface area contributed by atoms with Gasteiger partial charge < -0.3 is 24.4 Å². The number of nitrogens with zero attached hydrogens (tertiary/aromatic N) is 1. The van der Waals surface area contributed by atoms with E-state index in [9.17, 15) is 9.59 Å². The minimum atomic E-state index is -1.44. The van der Waals surface area contributed by atoms with Crippen molar-refractivity contribution >= 4 is 29.2 Å². The van der Waals surface area contributed by atoms with Gasteiger partial charge in [-0.3, -0.25) is 14.4 Å². The molecule has 4 aromatic rings. The van der Waals surface area contributed by atoms with E-state index in [0.717, 1.165) is 11.1 Å². The van der Waals surface area contributed by atoms with Crippen molar-refractivity contribution in [2.24, 2.45) is 5.92 Å². The van der Waals surface area contributed by atoms with E-state index in [4.69, 9.17) is 14.2 Å². The second-order valence-corrected chi connectivity index (χ2v) is 11.1. The zero-order valence-electron chi connectivity index (χ0n) is 24.4. The molecule has 4 atom stereocenters. The fourth-order valence-electron chi connectivity index (χ4n) is 7.34. The van der Waals surface area contributed by atoms with E-state index >= 15 is 4.79 Å². The van der Waals surface area contributed by atoms with Crippen LogP contribution in [0.4, 0.5) is 5.69 Å². The monoisotopic (exact) mass is 586 g/mol. The summed E-state index contributed by atoms with van der Waals surface area (Å²) in [6.45, 7) is 0. The van der Waals surface area contributed by atoms with Crippen LogP contribution in [0.5, 0.6) is 17.2 Å². The molecular weight excluding hydrogens is 556 g/mol. The molecule has 8 heteroatoms. The molecule has 3 aliphatic heterocycles. The van der Waals surface area contributed by atoms with Crippen LogP contribution < -0.4 is 19.5 Å². The van der Waals surface area contributed by atoms with Crippen LogP contribution in [0, 0.1) is 5.92 Å². The molecule has 220 valence electrons. The van der Waals surface area contributed by atoms with Gasteiger partial charge in [0.15, 0.2) is 23.1 Å². The van der Waals surface area contributed by atoms with Gasteiger partial charge in [0.05, 0.1) is 38.9 Å². The number of para-hydroxylation sites is 2. The van der Waals surface area contributed by atoms with E-state index < -0.39 is 23.4 Å². The Kier molecular flexibility index (Phi) is 6.50. The third-order valence-electron chi connectivity index (χ3n) is 9.16. The molecule has 0 unspecified atom stereocenters. The molecule has 0 bridgehead atoms. The van der Waals surface area contributed by atoms with E-state index in [0.29, 0.717) is 39.6 Å². The number of nitrogens with one attached hydrogen (secondary N) is 1. The molecule has 1 spiro atoms. The molecule has 0 aliphatic carbocycles. The highest BCUT2D eigenvalue weighted by Gasteiger charge is 2.70. The summed E-state index contributed by atoms with van der Waals surface area (Å²) in [6.07, 6.45) is 3.78. The Morgan fingerprint density at radius 1 is 0.773 bits per heavy atom. The second kappa shape index (κ2) is 10.4. The molecule has 1 saturated heterocycles. The molecule has 0 radical (unpaired) electrons. The van der Waals surface area contributed by atoms with Gasteiger partial charge in [-0.05, 0) is 59.2 Å². The molecule has 3 heterocycles. The first-order valence-electron chi connectivity index (χ1n) is 14.3. The zero-order valence-corrected chi connectivity index (χ0v) is 24.4. The number of methoxy groups -OCH3 is 3. The first kappa shape index (κ1) is 27.5. The predicted molar refractivity (Wildman–Crippen MR) is 165 cm³/mol. The highest BCUT2D eigenvalue weighted by Crippen LogP contribution is 2.62. The minimum absolute atomic E-state index is 0.304. The van der Waals surface area contributed by atoms with Crippen molar-refractivity contribution < 1.29 is 28.6 Å². The van der Waals surface area contributed by atoms with Gasteiger partial charge in [-0.15, -0.1) is 0 Å². The number of fused-ring (bicyclic) bond motifs is 6. The highest BCUT2D eigenvalue weighted by atomic mass is 16.5. The average Bonchev–Trinajstić information content (AvgIpc) is 3.55. The Morgan fingerprint density at radius 2 is 1.48 bits per heavy atom. The summed E-state index contributed by atoms with van der Waals surface area (Å²) in [7, 11) is 4.53. The highest BCUT2D eigenvalue weighted by molar-refractivity contribution is 6.17. The molecule has 0 saturated carbocycles. The van der Waals surface area contributed by atoms with Gasteiger partial charge in [-0.1, -0.05) is 54.6 Å². The number of carbonyl (C=O) groups is 3. The Morgan fingerprint density at radius 3 is 2.27 bits per heavy atom. The number of hydrogen-bond donors (Lipinski definition) is 1. The SMILES string of the molecule is COc1ccc(C(=O)[C@@H]2[C@H](C(=O)c3ccccc3OC)[C@]3(C(=O)Nc4ccccc43)[C@H]3c4ccccc4C=CN23)cc1OC. The summed E-state index contributed by atoms with van der Waals surface area (Å²) in [5.41, 5.74) is 2.29. The number of ether oxygens (including phenoxy) is 3. The number of carbonyl (C=O) groups excluding carboxylic acids is 3. The number of Topliss-reactive ketones (excluding diaryl/α,β-unsaturated/α-hetero) is 2. The van der Waals surface area contributed by atoms with Crippen LogP contribution in [0.15, 0.2) is 97.2 Å². The van der Waals surface area contributed by atoms with Crippen LogP contribution in [-0.4, -0.2) is 49.7 Å². The van der Waals surface area contributed by atoms with Gasteiger partial charge >= 0.3 is 0 Å². The molecule has 4 aromatic carbocycles. The Labute approximate surface area is 254 Å². The van der Waals surface area contributed by atoms with Crippen LogP contribution in [0.1, 0.15) is 43.4 Å². The van der Waals surface area contributed by atoms with Gasteiger partial charge in [0.25, 0.3) is 0 Å². The first-order chi connectivity index (χ1) is 21.4. The molecule has 8 nitrogen and oxygen atoms in total. The Bertz CT molecular complexity index is 1870. The second-order valence-electron chi connectivity index (χ2n) is 11.1. The third-order valence-corrected chi connectivity index (χ3v) is 9.16. The number of amides is 1. The van der Waals surface area contributed by atoms with Crippen molar-refractivity contribution in [1.82, 2.24) is 4.90 Å². The maximum atomic E-state index is 15.1. The van der Waals surface area contributed by atoms with Crippen molar-refractivity contribution in [2.75, 3.05) is 26.6 Å². The number of hydrogen-bond acceptors (Lipinski definition) is 7. The van der Waals surface area contributed by atoms with Crippen molar-refractivity contribution in [1.29, 1.82) is 0 Å². The lowest BCUT2D eigenvalue weighted by molar-refractivity contribution is -0.122. The summed E-state index contributed by atoms with van der Waals surface area (Å²) in [5, 5.41) is 3.07. The normalized spacial score (nSPS) is 22.6. The van der Waals surface area contributed by atoms with Gasteiger partial charge in [0.1, 0.15) is 17.2 Å². The molecule has 44 heavy (non-hydrogen) atoms. The van der Waals surface area contributed by atoms with Crippen molar-refractivity contribution in [3.05, 3.63) is 125 Å². The number of anilines is 1. The fraction of sp³-hybridized carbons (Fsp3) is 0.194. The molecule has 1 fully saturated rings. The quantitative estimate of drug-likeness (QED) is 0.278. The summed E-state index contributed by atoms with van der Waals surface area (Å²) < 4.78 is 16.6. The van der Waals surface area contributed by atoms with Gasteiger partial charge in [0.2, 0.25) is 5.91 Å². The standard InChI is InChI=1S/C36H30N2O6/c1-42-27-15-9-6-12-24(27)33(40)30-31(32(39)22-16-17-28(43-2)29(20-22)44-3)38-19-18-21-10-4-5-11-23(21)34(38)36(30)25-13-7-8-14-26(25)37-35(36)41/h4-20,30-31,34H,1-3H3,(H,37,41)/t30-,31+,34-,36+/m1/s1. The predicted octanol–water partition coefficient (Wildman–Crippen LogP) is 5.69. The average molecular weight is 587 g/mol. The topological polar surface area (TPSA) is 94.2 Å². The van der Waals surface area contributed by atoms with Gasteiger partial charge in [-0.25, -0.2) is 0 Å². The maximum absolute atomic E-state index is 15.1. The first-order valence-corrected chi connectivity index (χ1v) is 14.3. The molecule has 0 aromatic heterocycles. The maximum Gasteiger partial charge on any atom is 0.238 e. The largest absolute Gasteiger partial charge is 0.496 e. The lowest BCUT2D eigenvalue weighted by atomic mass is 9.62. The molecule has 1 amide bonds. The molecular formula is C36H30N2O6. The van der Waals surface area contributed by atoms with E-state index in [1.54, 1.807) is 42.5 Å². The lowest BCUT2D eigenvalue weighted by Gasteiger charge is -2.38. The summed E-state index contributed by atoms with van der Waals surface area (Å²) in [6, 6.07) is 25.5. The molecule has 1 N–H and O–H groups in total. The zero-order chi connectivity index (χ0) is 30.6. The fourth-order valence-corrected chi connectivity index (χ4v) is 7.34. The van der Waals surface area contributed by atoms with Crippen LogP contribution in [0.25, 0.3) is 6.08 Å². The van der Waals surface area contributed by atoms with Crippen LogP contribution in [0.3, 0.4) is 0 Å². The number of ketones is 2. The third kappa shape index (κ3) is 3.73. The van der Waals surface area contributed by atoms with Gasteiger partial charge in [-0.2, -0.15) is 0 Å². The van der Waals surface area contributed by atoms with Crippen LogP contribution in [0.2, 0.25) is 0 Å². The summed E-state index contributed by atoms with van der Waals surface area (Å²) in [4.78, 5) is 46.4. The van der Waals surface area contributed by atoms with E-state index in [1.807, 2.05) is 65.7 Å². The van der Waals surface area contributed by atoms with Crippen molar-refractivity contribution in [2.45, 2.75) is 17.5 Å². The molecule has 3 aliphatic rings. The van der Waals surface area contributed by atoms with Crippen molar-refractivity contribution in [3.8, 4) is 17.2 Å². The number of benzene rings is 4. The van der Waals surface area contributed by atoms with Crippen LogP contribution >= 0.6 is 0 Å². The Hall–Kier alpha value is -5.37. The van der Waals surface area contributed by atoms with E-state index in [-0.39, 0.29) is 17.5 Å². The smallest absolute Gasteiger partial charge is 0.238 e. The molecule has 7 rings (SSSR count). The van der Waals surface area contributed by atoms with Crippen molar-refractivity contribution in [3.63, 3.8) is 0 Å². The van der Waals surface area contributed by atoms with Crippen LogP contribution in [-0.2, 0) is 10.2 Å². The minimum Gasteiger partial charge on any atom is -0.496 e. The lowest BCUT2D eigenvalue weighted by Crippen LogP contribution is -2.49. The number of rotatable bonds is 7.